The van der Waals surface area contributed by atoms with Crippen LogP contribution in [0.15, 0.2) is 34.9 Å². The van der Waals surface area contributed by atoms with Crippen LogP contribution in [0.2, 0.25) is 0 Å². The molecule has 3 rings (SSSR count). The number of nitrogens with zero attached hydrogens (tertiary/aromatic N) is 1. The van der Waals surface area contributed by atoms with E-state index in [2.05, 4.69) is 37.8 Å². The van der Waals surface area contributed by atoms with Gasteiger partial charge in [0.1, 0.15) is 5.58 Å². The van der Waals surface area contributed by atoms with Gasteiger partial charge in [0.2, 0.25) is 0 Å². The molecule has 2 aromatic rings. The second-order valence-corrected chi connectivity index (χ2v) is 6.69. The van der Waals surface area contributed by atoms with Crippen molar-refractivity contribution in [2.24, 2.45) is 17.6 Å². The van der Waals surface area contributed by atoms with Gasteiger partial charge < -0.3 is 10.2 Å². The Hall–Kier alpha value is -1.32. The number of fused-ring (bicyclic) bond motifs is 1. The van der Waals surface area contributed by atoms with Gasteiger partial charge in [-0.2, -0.15) is 0 Å². The highest BCUT2D eigenvalue weighted by molar-refractivity contribution is 5.81. The number of para-hydroxylation sites is 1. The molecule has 0 saturated carbocycles. The molecule has 1 aliphatic heterocycles. The molecule has 4 atom stereocenters. The molecule has 114 valence electrons. The Balaban J connectivity index is 1.97. The van der Waals surface area contributed by atoms with Gasteiger partial charge in [-0.1, -0.05) is 32.0 Å². The zero-order valence-corrected chi connectivity index (χ0v) is 13.3. The van der Waals surface area contributed by atoms with Gasteiger partial charge in [0, 0.05) is 30.1 Å². The van der Waals surface area contributed by atoms with Gasteiger partial charge in [0.05, 0.1) is 12.3 Å². The van der Waals surface area contributed by atoms with Crippen LogP contribution in [0.1, 0.15) is 38.8 Å². The summed E-state index contributed by atoms with van der Waals surface area (Å²) >= 11 is 0. The molecule has 0 spiro atoms. The lowest BCUT2D eigenvalue weighted by Crippen LogP contribution is -2.49. The number of rotatable bonds is 3. The number of hydrogen-bond donors (Lipinski definition) is 1. The SMILES string of the molecule is CC1CC(C)C(C)N(C(CN)c2coc3ccccc23)C1. The Bertz CT molecular complexity index is 606. The maximum atomic E-state index is 6.16. The summed E-state index contributed by atoms with van der Waals surface area (Å²) in [6.07, 6.45) is 3.21. The molecule has 2 heterocycles. The Morgan fingerprint density at radius 1 is 1.29 bits per heavy atom. The molecule has 0 bridgehead atoms. The summed E-state index contributed by atoms with van der Waals surface area (Å²) in [6.45, 7) is 8.78. The van der Waals surface area contributed by atoms with Crippen molar-refractivity contribution < 1.29 is 4.42 Å². The molecule has 2 N–H and O–H groups in total. The minimum absolute atomic E-state index is 0.244. The van der Waals surface area contributed by atoms with E-state index in [1.165, 1.54) is 17.4 Å². The highest BCUT2D eigenvalue weighted by atomic mass is 16.3. The fraction of sp³-hybridized carbons (Fsp3) is 0.556. The van der Waals surface area contributed by atoms with Crippen molar-refractivity contribution in [2.45, 2.75) is 39.3 Å². The van der Waals surface area contributed by atoms with Gasteiger partial charge in [0.15, 0.2) is 0 Å². The van der Waals surface area contributed by atoms with E-state index in [1.54, 1.807) is 0 Å². The van der Waals surface area contributed by atoms with E-state index < -0.39 is 0 Å². The quantitative estimate of drug-likeness (QED) is 0.933. The molecular weight excluding hydrogens is 260 g/mol. The minimum Gasteiger partial charge on any atom is -0.464 e. The monoisotopic (exact) mass is 286 g/mol. The van der Waals surface area contributed by atoms with Gasteiger partial charge in [-0.25, -0.2) is 0 Å². The molecule has 0 radical (unpaired) electrons. The molecule has 3 heteroatoms. The fourth-order valence-electron chi connectivity index (χ4n) is 3.87. The van der Waals surface area contributed by atoms with Crippen LogP contribution < -0.4 is 5.73 Å². The maximum Gasteiger partial charge on any atom is 0.134 e. The molecule has 1 saturated heterocycles. The zero-order valence-electron chi connectivity index (χ0n) is 13.3. The average molecular weight is 286 g/mol. The molecule has 1 fully saturated rings. The largest absolute Gasteiger partial charge is 0.464 e. The average Bonchev–Trinajstić information content (AvgIpc) is 2.89. The van der Waals surface area contributed by atoms with Crippen molar-refractivity contribution in [3.05, 3.63) is 36.1 Å². The Morgan fingerprint density at radius 2 is 2.05 bits per heavy atom. The summed E-state index contributed by atoms with van der Waals surface area (Å²) in [6, 6.07) is 9.05. The molecule has 1 aromatic heterocycles. The van der Waals surface area contributed by atoms with Crippen LogP contribution in [0, 0.1) is 11.8 Å². The number of benzene rings is 1. The maximum absolute atomic E-state index is 6.16. The van der Waals surface area contributed by atoms with Crippen LogP contribution in [0.25, 0.3) is 11.0 Å². The van der Waals surface area contributed by atoms with E-state index >= 15 is 0 Å². The van der Waals surface area contributed by atoms with E-state index in [-0.39, 0.29) is 6.04 Å². The van der Waals surface area contributed by atoms with Crippen molar-refractivity contribution in [2.75, 3.05) is 13.1 Å². The Morgan fingerprint density at radius 3 is 2.81 bits per heavy atom. The van der Waals surface area contributed by atoms with Crippen LogP contribution in [-0.2, 0) is 0 Å². The van der Waals surface area contributed by atoms with Crippen molar-refractivity contribution in [3.8, 4) is 0 Å². The molecule has 4 unspecified atom stereocenters. The molecule has 3 nitrogen and oxygen atoms in total. The normalized spacial score (nSPS) is 28.9. The van der Waals surface area contributed by atoms with Crippen LogP contribution in [-0.4, -0.2) is 24.0 Å². The summed E-state index contributed by atoms with van der Waals surface area (Å²) in [5.41, 5.74) is 8.35. The summed E-state index contributed by atoms with van der Waals surface area (Å²) in [7, 11) is 0. The van der Waals surface area contributed by atoms with Gasteiger partial charge in [0.25, 0.3) is 0 Å². The smallest absolute Gasteiger partial charge is 0.134 e. The number of nitrogens with two attached hydrogens (primary N) is 1. The van der Waals surface area contributed by atoms with E-state index in [1.807, 2.05) is 18.4 Å². The van der Waals surface area contributed by atoms with E-state index in [4.69, 9.17) is 10.2 Å². The summed E-state index contributed by atoms with van der Waals surface area (Å²) in [5.74, 6) is 1.43. The Kier molecular flexibility index (Phi) is 4.05. The van der Waals surface area contributed by atoms with E-state index in [9.17, 15) is 0 Å². The lowest BCUT2D eigenvalue weighted by molar-refractivity contribution is 0.0427. The predicted molar refractivity (Wildman–Crippen MR) is 87.1 cm³/mol. The van der Waals surface area contributed by atoms with Crippen molar-refractivity contribution in [1.29, 1.82) is 0 Å². The fourth-order valence-corrected chi connectivity index (χ4v) is 3.87. The third-order valence-electron chi connectivity index (χ3n) is 5.14. The van der Waals surface area contributed by atoms with Crippen molar-refractivity contribution in [1.82, 2.24) is 4.90 Å². The second-order valence-electron chi connectivity index (χ2n) is 6.69. The number of furan rings is 1. The van der Waals surface area contributed by atoms with Gasteiger partial charge >= 0.3 is 0 Å². The van der Waals surface area contributed by atoms with Crippen molar-refractivity contribution in [3.63, 3.8) is 0 Å². The predicted octanol–water partition coefficient (Wildman–Crippen LogP) is 3.80. The van der Waals surface area contributed by atoms with E-state index in [0.717, 1.165) is 18.0 Å². The number of piperidine rings is 1. The number of hydrogen-bond acceptors (Lipinski definition) is 3. The molecule has 1 aliphatic rings. The highest BCUT2D eigenvalue weighted by Crippen LogP contribution is 2.36. The van der Waals surface area contributed by atoms with Gasteiger partial charge in [-0.05, 0) is 31.2 Å². The lowest BCUT2D eigenvalue weighted by Gasteiger charge is -2.45. The van der Waals surface area contributed by atoms with Crippen LogP contribution in [0.4, 0.5) is 0 Å². The van der Waals surface area contributed by atoms with Crippen LogP contribution >= 0.6 is 0 Å². The molecular formula is C18H26N2O. The van der Waals surface area contributed by atoms with Crippen molar-refractivity contribution >= 4 is 11.0 Å². The van der Waals surface area contributed by atoms with Crippen LogP contribution in [0.3, 0.4) is 0 Å². The number of likely N-dealkylation sites (tertiary alicyclic amines) is 1. The molecule has 21 heavy (non-hydrogen) atoms. The van der Waals surface area contributed by atoms with Crippen LogP contribution in [0.5, 0.6) is 0 Å². The molecule has 0 aliphatic carbocycles. The Labute approximate surface area is 127 Å². The summed E-state index contributed by atoms with van der Waals surface area (Å²) in [4.78, 5) is 2.58. The van der Waals surface area contributed by atoms with E-state index in [0.29, 0.717) is 18.5 Å². The summed E-state index contributed by atoms with van der Waals surface area (Å²) < 4.78 is 5.73. The second kappa shape index (κ2) is 5.82. The molecule has 1 aromatic carbocycles. The lowest BCUT2D eigenvalue weighted by atomic mass is 9.84. The zero-order chi connectivity index (χ0) is 15.0. The highest BCUT2D eigenvalue weighted by Gasteiger charge is 2.34. The first-order valence-electron chi connectivity index (χ1n) is 8.03. The topological polar surface area (TPSA) is 42.4 Å². The van der Waals surface area contributed by atoms with Gasteiger partial charge in [-0.3, -0.25) is 4.90 Å². The third kappa shape index (κ3) is 2.60. The first-order chi connectivity index (χ1) is 10.1. The minimum atomic E-state index is 0.244. The molecule has 0 amide bonds. The summed E-state index contributed by atoms with van der Waals surface area (Å²) in [5, 5.41) is 1.20. The first-order valence-corrected chi connectivity index (χ1v) is 8.03. The standard InChI is InChI=1S/C18H26N2O/c1-12-8-13(2)14(3)20(10-12)17(9-19)16-11-21-18-7-5-4-6-15(16)18/h4-7,11-14,17H,8-10,19H2,1-3H3. The third-order valence-corrected chi connectivity index (χ3v) is 5.14. The first kappa shape index (κ1) is 14.6. The van der Waals surface area contributed by atoms with Gasteiger partial charge in [-0.15, -0.1) is 0 Å².